The van der Waals surface area contributed by atoms with Gasteiger partial charge in [-0.3, -0.25) is 0 Å². The molecule has 2 aromatic rings. The second-order valence-electron chi connectivity index (χ2n) is 4.66. The molecule has 1 aliphatic rings. The number of fused-ring (bicyclic) bond motifs is 1. The second kappa shape index (κ2) is 5.07. The highest BCUT2D eigenvalue weighted by molar-refractivity contribution is 9.10. The maximum absolute atomic E-state index is 8.98. The summed E-state index contributed by atoms with van der Waals surface area (Å²) >= 11 is 3.46. The van der Waals surface area contributed by atoms with Gasteiger partial charge in [-0.15, -0.1) is 0 Å². The molecule has 19 heavy (non-hydrogen) atoms. The number of nitriles is 1. The summed E-state index contributed by atoms with van der Waals surface area (Å²) in [5.41, 5.74) is 4.49. The number of hydrogen-bond acceptors (Lipinski definition) is 2. The maximum atomic E-state index is 8.98. The third kappa shape index (κ3) is 2.24. The summed E-state index contributed by atoms with van der Waals surface area (Å²) in [4.78, 5) is 2.32. The molecule has 0 spiro atoms. The van der Waals surface area contributed by atoms with Crippen LogP contribution < -0.4 is 4.90 Å². The molecule has 0 unspecified atom stereocenters. The van der Waals surface area contributed by atoms with E-state index in [9.17, 15) is 0 Å². The summed E-state index contributed by atoms with van der Waals surface area (Å²) in [5.74, 6) is 0. The smallest absolute Gasteiger partial charge is 0.100 e. The summed E-state index contributed by atoms with van der Waals surface area (Å²) in [5, 5.41) is 8.98. The van der Waals surface area contributed by atoms with Crippen molar-refractivity contribution >= 4 is 27.3 Å². The van der Waals surface area contributed by atoms with E-state index in [-0.39, 0.29) is 0 Å². The predicted octanol–water partition coefficient (Wildman–Crippen LogP) is 4.41. The minimum atomic E-state index is 0.675. The van der Waals surface area contributed by atoms with Crippen molar-refractivity contribution in [2.75, 3.05) is 11.4 Å². The van der Waals surface area contributed by atoms with Crippen molar-refractivity contribution in [2.24, 2.45) is 0 Å². The van der Waals surface area contributed by atoms with Crippen LogP contribution in [0.2, 0.25) is 0 Å². The quantitative estimate of drug-likeness (QED) is 0.780. The van der Waals surface area contributed by atoms with Crippen molar-refractivity contribution in [3.05, 3.63) is 58.1 Å². The van der Waals surface area contributed by atoms with Crippen molar-refractivity contribution in [3.63, 3.8) is 0 Å². The van der Waals surface area contributed by atoms with Crippen LogP contribution in [0.1, 0.15) is 17.5 Å². The summed E-state index contributed by atoms with van der Waals surface area (Å²) in [7, 11) is 0. The zero-order valence-corrected chi connectivity index (χ0v) is 12.0. The molecule has 94 valence electrons. The molecule has 0 N–H and O–H groups in total. The van der Waals surface area contributed by atoms with E-state index in [4.69, 9.17) is 5.26 Å². The van der Waals surface area contributed by atoms with E-state index >= 15 is 0 Å². The Labute approximate surface area is 121 Å². The van der Waals surface area contributed by atoms with Crippen LogP contribution in [0.5, 0.6) is 0 Å². The van der Waals surface area contributed by atoms with E-state index in [1.54, 1.807) is 0 Å². The van der Waals surface area contributed by atoms with Gasteiger partial charge < -0.3 is 4.90 Å². The number of anilines is 2. The molecule has 0 amide bonds. The third-order valence-electron chi connectivity index (χ3n) is 3.50. The molecule has 2 aromatic carbocycles. The lowest BCUT2D eigenvalue weighted by Crippen LogP contribution is -2.24. The van der Waals surface area contributed by atoms with Crippen LogP contribution in [-0.2, 0) is 6.42 Å². The van der Waals surface area contributed by atoms with Gasteiger partial charge in [-0.1, -0.05) is 18.2 Å². The van der Waals surface area contributed by atoms with Crippen LogP contribution in [0.15, 0.2) is 46.9 Å². The normalized spacial score (nSPS) is 13.8. The number of hydrogen-bond donors (Lipinski definition) is 0. The molecule has 0 atom stereocenters. The Morgan fingerprint density at radius 2 is 2.00 bits per heavy atom. The third-order valence-corrected chi connectivity index (χ3v) is 4.15. The zero-order chi connectivity index (χ0) is 13.2. The first kappa shape index (κ1) is 12.3. The summed E-state index contributed by atoms with van der Waals surface area (Å²) in [6.45, 7) is 1.02. The van der Waals surface area contributed by atoms with E-state index in [2.05, 4.69) is 51.2 Å². The minimum absolute atomic E-state index is 0.675. The van der Waals surface area contributed by atoms with Crippen LogP contribution >= 0.6 is 15.9 Å². The van der Waals surface area contributed by atoms with Gasteiger partial charge in [-0.2, -0.15) is 5.26 Å². The van der Waals surface area contributed by atoms with Gasteiger partial charge in [0.2, 0.25) is 0 Å². The van der Waals surface area contributed by atoms with Crippen molar-refractivity contribution < 1.29 is 0 Å². The van der Waals surface area contributed by atoms with Crippen LogP contribution in [0.4, 0.5) is 11.4 Å². The molecule has 0 aliphatic carbocycles. The van der Waals surface area contributed by atoms with Gasteiger partial charge in [0.05, 0.1) is 5.56 Å². The summed E-state index contributed by atoms with van der Waals surface area (Å²) in [6, 6.07) is 16.6. The molecule has 0 fully saturated rings. The number of aryl methyl sites for hydroxylation is 1. The molecule has 2 nitrogen and oxygen atoms in total. The Morgan fingerprint density at radius 3 is 2.79 bits per heavy atom. The molecule has 1 heterocycles. The number of nitrogens with zero attached hydrogens (tertiary/aromatic N) is 2. The summed E-state index contributed by atoms with van der Waals surface area (Å²) < 4.78 is 0.857. The summed E-state index contributed by atoms with van der Waals surface area (Å²) in [6.07, 6.45) is 2.30. The van der Waals surface area contributed by atoms with Gasteiger partial charge >= 0.3 is 0 Å². The zero-order valence-electron chi connectivity index (χ0n) is 10.4. The first-order chi connectivity index (χ1) is 9.29. The van der Waals surface area contributed by atoms with E-state index in [0.29, 0.717) is 5.56 Å². The Morgan fingerprint density at radius 1 is 1.16 bits per heavy atom. The van der Waals surface area contributed by atoms with Crippen LogP contribution in [0, 0.1) is 11.3 Å². The standard InChI is InChI=1S/C16H13BrN2/c17-15-10-14(8-7-13(15)11-18)19-9-3-5-12-4-1-2-6-16(12)19/h1-2,4,6-8,10H,3,5,9H2. The topological polar surface area (TPSA) is 27.0 Å². The molecule has 0 radical (unpaired) electrons. The molecular weight excluding hydrogens is 300 g/mol. The monoisotopic (exact) mass is 312 g/mol. The van der Waals surface area contributed by atoms with Gasteiger partial charge in [-0.05, 0) is 58.6 Å². The van der Waals surface area contributed by atoms with E-state index in [1.807, 2.05) is 18.2 Å². The second-order valence-corrected chi connectivity index (χ2v) is 5.51. The van der Waals surface area contributed by atoms with Gasteiger partial charge in [0, 0.05) is 22.4 Å². The number of rotatable bonds is 1. The number of benzene rings is 2. The van der Waals surface area contributed by atoms with Crippen molar-refractivity contribution in [1.82, 2.24) is 0 Å². The minimum Gasteiger partial charge on any atom is -0.341 e. The lowest BCUT2D eigenvalue weighted by atomic mass is 10.0. The first-order valence-electron chi connectivity index (χ1n) is 6.34. The molecule has 0 saturated heterocycles. The molecular formula is C16H13BrN2. The van der Waals surface area contributed by atoms with Gasteiger partial charge in [0.15, 0.2) is 0 Å². The highest BCUT2D eigenvalue weighted by atomic mass is 79.9. The molecule has 1 aliphatic heterocycles. The Kier molecular flexibility index (Phi) is 3.27. The Bertz CT molecular complexity index is 658. The average Bonchev–Trinajstić information content (AvgIpc) is 2.46. The van der Waals surface area contributed by atoms with Crippen LogP contribution in [0.3, 0.4) is 0 Å². The number of para-hydroxylation sites is 1. The molecule has 0 saturated carbocycles. The van der Waals surface area contributed by atoms with Crippen LogP contribution in [-0.4, -0.2) is 6.54 Å². The highest BCUT2D eigenvalue weighted by Gasteiger charge is 2.18. The van der Waals surface area contributed by atoms with Crippen molar-refractivity contribution in [2.45, 2.75) is 12.8 Å². The molecule has 3 rings (SSSR count). The fourth-order valence-corrected chi connectivity index (χ4v) is 3.02. The molecule has 0 bridgehead atoms. The van der Waals surface area contributed by atoms with Gasteiger partial charge in [0.1, 0.15) is 6.07 Å². The Hall–Kier alpha value is -1.79. The SMILES string of the molecule is N#Cc1ccc(N2CCCc3ccccc32)cc1Br. The largest absolute Gasteiger partial charge is 0.341 e. The Balaban J connectivity index is 2.05. The predicted molar refractivity (Wildman–Crippen MR) is 80.6 cm³/mol. The van der Waals surface area contributed by atoms with E-state index < -0.39 is 0 Å². The average molecular weight is 313 g/mol. The van der Waals surface area contributed by atoms with Crippen LogP contribution in [0.25, 0.3) is 0 Å². The lowest BCUT2D eigenvalue weighted by Gasteiger charge is -2.31. The van der Waals surface area contributed by atoms with E-state index in [0.717, 1.165) is 29.5 Å². The lowest BCUT2D eigenvalue weighted by molar-refractivity contribution is 0.767. The fourth-order valence-electron chi connectivity index (χ4n) is 2.56. The highest BCUT2D eigenvalue weighted by Crippen LogP contribution is 2.34. The van der Waals surface area contributed by atoms with Gasteiger partial charge in [0.25, 0.3) is 0 Å². The van der Waals surface area contributed by atoms with Crippen molar-refractivity contribution in [3.8, 4) is 6.07 Å². The molecule has 0 aromatic heterocycles. The molecule has 3 heteroatoms. The van der Waals surface area contributed by atoms with Crippen molar-refractivity contribution in [1.29, 1.82) is 5.26 Å². The van der Waals surface area contributed by atoms with Gasteiger partial charge in [-0.25, -0.2) is 0 Å². The number of halogens is 1. The fraction of sp³-hybridized carbons (Fsp3) is 0.188. The maximum Gasteiger partial charge on any atom is 0.100 e. The first-order valence-corrected chi connectivity index (χ1v) is 7.14. The van der Waals surface area contributed by atoms with E-state index in [1.165, 1.54) is 11.3 Å².